The summed E-state index contributed by atoms with van der Waals surface area (Å²) in [6, 6.07) is -1.34. The number of β-lactam (4-membered cyclic amide) rings is 1. The van der Waals surface area contributed by atoms with Crippen LogP contribution in [0.15, 0.2) is 0 Å². The molecule has 0 bridgehead atoms. The summed E-state index contributed by atoms with van der Waals surface area (Å²) in [5.74, 6) is -1.83. The van der Waals surface area contributed by atoms with Gasteiger partial charge in [-0.25, -0.2) is 13.2 Å². The van der Waals surface area contributed by atoms with Crippen molar-refractivity contribution in [2.24, 2.45) is 0 Å². The van der Waals surface area contributed by atoms with E-state index in [1.54, 1.807) is 0 Å². The molecule has 0 saturated carbocycles. The molecule has 0 aromatic carbocycles. The van der Waals surface area contributed by atoms with Crippen molar-refractivity contribution in [3.8, 4) is 0 Å². The normalized spacial score (nSPS) is 30.4. The number of carbonyl (C=O) groups is 2. The average molecular weight is 306 g/mol. The number of nitrogens with zero attached hydrogens (tertiary/aromatic N) is 2. The summed E-state index contributed by atoms with van der Waals surface area (Å²) in [7, 11) is -3.52. The SMILES string of the molecule is C[C@@H](O)[C@@H](C(=O)O)N1C[C@]2(CCCN2S(C)(=O)=O)C1=O. The summed E-state index contributed by atoms with van der Waals surface area (Å²) in [5, 5.41) is 18.6. The van der Waals surface area contributed by atoms with E-state index < -0.39 is 39.6 Å². The lowest BCUT2D eigenvalue weighted by Gasteiger charge is -2.52. The van der Waals surface area contributed by atoms with E-state index in [-0.39, 0.29) is 13.1 Å². The van der Waals surface area contributed by atoms with Crippen molar-refractivity contribution in [1.29, 1.82) is 0 Å². The molecule has 2 N–H and O–H groups in total. The highest BCUT2D eigenvalue weighted by molar-refractivity contribution is 7.88. The van der Waals surface area contributed by atoms with Crippen molar-refractivity contribution in [2.75, 3.05) is 19.3 Å². The predicted molar refractivity (Wildman–Crippen MR) is 68.3 cm³/mol. The number of amides is 1. The first kappa shape index (κ1) is 15.2. The van der Waals surface area contributed by atoms with Crippen LogP contribution in [0, 0.1) is 0 Å². The number of hydrogen-bond acceptors (Lipinski definition) is 5. The molecule has 8 nitrogen and oxygen atoms in total. The van der Waals surface area contributed by atoms with Gasteiger partial charge in [0, 0.05) is 6.54 Å². The van der Waals surface area contributed by atoms with E-state index in [4.69, 9.17) is 5.11 Å². The molecule has 114 valence electrons. The summed E-state index contributed by atoms with van der Waals surface area (Å²) in [5.41, 5.74) is -1.14. The summed E-state index contributed by atoms with van der Waals surface area (Å²) < 4.78 is 24.6. The van der Waals surface area contributed by atoms with Gasteiger partial charge in [-0.05, 0) is 19.8 Å². The van der Waals surface area contributed by atoms with Gasteiger partial charge < -0.3 is 15.1 Å². The van der Waals surface area contributed by atoms with Gasteiger partial charge in [-0.1, -0.05) is 0 Å². The van der Waals surface area contributed by atoms with Gasteiger partial charge in [-0.2, -0.15) is 4.31 Å². The number of aliphatic carboxylic acids is 1. The molecule has 0 aromatic rings. The van der Waals surface area contributed by atoms with Gasteiger partial charge in [0.05, 0.1) is 18.9 Å². The Labute approximate surface area is 117 Å². The van der Waals surface area contributed by atoms with Crippen LogP contribution in [-0.2, 0) is 19.6 Å². The first-order valence-corrected chi connectivity index (χ1v) is 8.16. The molecule has 0 aliphatic carbocycles. The largest absolute Gasteiger partial charge is 0.480 e. The van der Waals surface area contributed by atoms with Crippen LogP contribution in [-0.4, -0.2) is 76.7 Å². The number of carboxylic acid groups (broad SMARTS) is 1. The quantitative estimate of drug-likeness (QED) is 0.608. The Morgan fingerprint density at radius 2 is 2.05 bits per heavy atom. The van der Waals surface area contributed by atoms with Crippen molar-refractivity contribution >= 4 is 21.9 Å². The molecule has 0 radical (unpaired) electrons. The van der Waals surface area contributed by atoms with Crippen molar-refractivity contribution in [2.45, 2.75) is 37.5 Å². The maximum Gasteiger partial charge on any atom is 0.329 e. The molecule has 1 amide bonds. The highest BCUT2D eigenvalue weighted by Gasteiger charge is 2.63. The number of likely N-dealkylation sites (tertiary alicyclic amines) is 1. The molecule has 2 saturated heterocycles. The highest BCUT2D eigenvalue weighted by atomic mass is 32.2. The third-order valence-corrected chi connectivity index (χ3v) is 5.30. The molecule has 3 atom stereocenters. The lowest BCUT2D eigenvalue weighted by molar-refractivity contribution is -0.174. The molecule has 20 heavy (non-hydrogen) atoms. The molecular formula is C11H18N2O6S. The fourth-order valence-corrected chi connectivity index (χ4v) is 4.45. The maximum absolute atomic E-state index is 12.3. The van der Waals surface area contributed by atoms with Crippen LogP contribution in [0.3, 0.4) is 0 Å². The van der Waals surface area contributed by atoms with E-state index in [0.717, 1.165) is 15.5 Å². The second-order valence-corrected chi connectivity index (χ2v) is 7.33. The van der Waals surface area contributed by atoms with Gasteiger partial charge in [0.1, 0.15) is 5.54 Å². The molecule has 2 aliphatic heterocycles. The Balaban J connectivity index is 2.25. The van der Waals surface area contributed by atoms with Gasteiger partial charge in [0.15, 0.2) is 6.04 Å². The minimum Gasteiger partial charge on any atom is -0.480 e. The fraction of sp³-hybridized carbons (Fsp3) is 0.818. The monoisotopic (exact) mass is 306 g/mol. The average Bonchev–Trinajstić information content (AvgIpc) is 2.73. The molecule has 0 aromatic heterocycles. The number of aliphatic hydroxyl groups excluding tert-OH is 1. The number of sulfonamides is 1. The van der Waals surface area contributed by atoms with Crippen molar-refractivity contribution in [3.63, 3.8) is 0 Å². The third-order valence-electron chi connectivity index (χ3n) is 3.97. The van der Waals surface area contributed by atoms with Gasteiger partial charge >= 0.3 is 5.97 Å². The van der Waals surface area contributed by atoms with Crippen LogP contribution in [0.2, 0.25) is 0 Å². The van der Waals surface area contributed by atoms with Gasteiger partial charge in [0.25, 0.3) is 0 Å². The standard InChI is InChI=1S/C11H18N2O6S/c1-7(14)8(9(15)16)12-6-11(10(12)17)4-3-5-13(11)20(2,18)19/h7-8,14H,3-6H2,1-2H3,(H,15,16)/t7-,8+,11-/m1/s1. The van der Waals surface area contributed by atoms with E-state index in [2.05, 4.69) is 0 Å². The summed E-state index contributed by atoms with van der Waals surface area (Å²) >= 11 is 0. The lowest BCUT2D eigenvalue weighted by atomic mass is 9.84. The molecule has 2 fully saturated rings. The number of carboxylic acids is 1. The van der Waals surface area contributed by atoms with E-state index in [1.807, 2.05) is 0 Å². The first-order chi connectivity index (χ1) is 9.11. The minimum absolute atomic E-state index is 0.0147. The number of carbonyl (C=O) groups excluding carboxylic acids is 1. The van der Waals surface area contributed by atoms with Crippen LogP contribution < -0.4 is 0 Å². The molecule has 2 rings (SSSR count). The summed E-state index contributed by atoms with van der Waals surface area (Å²) in [6.45, 7) is 1.58. The van der Waals surface area contributed by atoms with Crippen molar-refractivity contribution in [1.82, 2.24) is 9.21 Å². The topological polar surface area (TPSA) is 115 Å². The van der Waals surface area contributed by atoms with Gasteiger partial charge in [-0.3, -0.25) is 4.79 Å². The highest BCUT2D eigenvalue weighted by Crippen LogP contribution is 2.41. The number of rotatable bonds is 4. The van der Waals surface area contributed by atoms with E-state index >= 15 is 0 Å². The van der Waals surface area contributed by atoms with Crippen molar-refractivity contribution in [3.05, 3.63) is 0 Å². The zero-order valence-electron chi connectivity index (χ0n) is 11.3. The van der Waals surface area contributed by atoms with Gasteiger partial charge in [0.2, 0.25) is 15.9 Å². The first-order valence-electron chi connectivity index (χ1n) is 6.31. The molecule has 0 unspecified atom stereocenters. The predicted octanol–water partition coefficient (Wildman–Crippen LogP) is -1.54. The lowest BCUT2D eigenvalue weighted by Crippen LogP contribution is -2.76. The zero-order chi connectivity index (χ0) is 15.3. The summed E-state index contributed by atoms with van der Waals surface area (Å²) in [6.07, 6.45) is 0.780. The number of hydrogen-bond donors (Lipinski definition) is 2. The van der Waals surface area contributed by atoms with E-state index in [1.165, 1.54) is 6.92 Å². The fourth-order valence-electron chi connectivity index (χ4n) is 3.13. The Hall–Kier alpha value is -1.19. The minimum atomic E-state index is -3.52. The maximum atomic E-state index is 12.3. The van der Waals surface area contributed by atoms with Crippen LogP contribution in [0.5, 0.6) is 0 Å². The third kappa shape index (κ3) is 2.09. The molecule has 1 spiro atoms. The summed E-state index contributed by atoms with van der Waals surface area (Å²) in [4.78, 5) is 24.5. The van der Waals surface area contributed by atoms with Crippen LogP contribution in [0.1, 0.15) is 19.8 Å². The molecule has 9 heteroatoms. The second kappa shape index (κ2) is 4.68. The van der Waals surface area contributed by atoms with Gasteiger partial charge in [-0.15, -0.1) is 0 Å². The van der Waals surface area contributed by atoms with E-state index in [0.29, 0.717) is 12.8 Å². The number of aliphatic hydroxyl groups is 1. The Bertz CT molecular complexity index is 545. The van der Waals surface area contributed by atoms with Crippen LogP contribution in [0.4, 0.5) is 0 Å². The van der Waals surface area contributed by atoms with Crippen LogP contribution in [0.25, 0.3) is 0 Å². The second-order valence-electron chi connectivity index (χ2n) is 5.43. The Kier molecular flexibility index (Phi) is 3.55. The zero-order valence-corrected chi connectivity index (χ0v) is 12.1. The Morgan fingerprint density at radius 1 is 1.45 bits per heavy atom. The smallest absolute Gasteiger partial charge is 0.329 e. The van der Waals surface area contributed by atoms with E-state index in [9.17, 15) is 23.1 Å². The molecule has 2 aliphatic rings. The Morgan fingerprint density at radius 3 is 2.45 bits per heavy atom. The van der Waals surface area contributed by atoms with Crippen molar-refractivity contribution < 1.29 is 28.2 Å². The molecular weight excluding hydrogens is 288 g/mol. The molecule has 2 heterocycles. The van der Waals surface area contributed by atoms with Crippen LogP contribution >= 0.6 is 0 Å².